The van der Waals surface area contributed by atoms with Crippen molar-refractivity contribution in [2.75, 3.05) is 13.1 Å². The monoisotopic (exact) mass is 362 g/mol. The maximum absolute atomic E-state index is 12.4. The second-order valence-corrected chi connectivity index (χ2v) is 7.11. The van der Waals surface area contributed by atoms with Gasteiger partial charge in [-0.3, -0.25) is 4.79 Å². The van der Waals surface area contributed by atoms with Crippen molar-refractivity contribution in [1.82, 2.24) is 10.6 Å². The number of benzene rings is 1. The molecule has 3 nitrogen and oxygen atoms in total. The van der Waals surface area contributed by atoms with Crippen LogP contribution in [0.3, 0.4) is 0 Å². The van der Waals surface area contributed by atoms with Crippen molar-refractivity contribution < 1.29 is 4.79 Å². The van der Waals surface area contributed by atoms with Crippen LogP contribution in [-0.2, 0) is 4.79 Å². The number of piperidine rings is 1. The highest BCUT2D eigenvalue weighted by Gasteiger charge is 2.57. The Balaban J connectivity index is 0.00000176. The third-order valence-electron chi connectivity index (χ3n) is 4.89. The van der Waals surface area contributed by atoms with Crippen LogP contribution in [0.4, 0.5) is 0 Å². The Morgan fingerprint density at radius 3 is 2.68 bits per heavy atom. The molecule has 1 aliphatic heterocycles. The zero-order valence-corrected chi connectivity index (χ0v) is 14.8. The Morgan fingerprint density at radius 1 is 1.36 bits per heavy atom. The Hall–Kier alpha value is -0.480. The summed E-state index contributed by atoms with van der Waals surface area (Å²) in [5.41, 5.74) is 1.17. The molecule has 0 aromatic heterocycles. The summed E-state index contributed by atoms with van der Waals surface area (Å²) in [6.07, 6.45) is 3.25. The molecule has 2 aliphatic rings. The van der Waals surface area contributed by atoms with Crippen molar-refractivity contribution >= 4 is 41.5 Å². The predicted molar refractivity (Wildman–Crippen MR) is 92.9 cm³/mol. The summed E-state index contributed by atoms with van der Waals surface area (Å²) in [6, 6.07) is 5.30. The largest absolute Gasteiger partial charge is 0.349 e. The molecule has 3 rings (SSSR count). The van der Waals surface area contributed by atoms with Gasteiger partial charge in [0, 0.05) is 16.0 Å². The topological polar surface area (TPSA) is 41.1 Å². The minimum absolute atomic E-state index is 0. The van der Waals surface area contributed by atoms with Crippen molar-refractivity contribution in [3.05, 3.63) is 33.8 Å². The van der Waals surface area contributed by atoms with Crippen LogP contribution in [-0.4, -0.2) is 19.0 Å². The number of hydrogen-bond donors (Lipinski definition) is 2. The Kier molecular flexibility index (Phi) is 5.65. The fourth-order valence-corrected chi connectivity index (χ4v) is 4.01. The van der Waals surface area contributed by atoms with Crippen molar-refractivity contribution in [3.63, 3.8) is 0 Å². The summed E-state index contributed by atoms with van der Waals surface area (Å²) in [7, 11) is 0. The summed E-state index contributed by atoms with van der Waals surface area (Å²) >= 11 is 12.1. The lowest BCUT2D eigenvalue weighted by Gasteiger charge is -2.24. The molecule has 2 unspecified atom stereocenters. The van der Waals surface area contributed by atoms with Crippen LogP contribution >= 0.6 is 35.6 Å². The summed E-state index contributed by atoms with van der Waals surface area (Å²) in [5.74, 6) is 0.337. The highest BCUT2D eigenvalue weighted by molar-refractivity contribution is 6.35. The summed E-state index contributed by atoms with van der Waals surface area (Å²) < 4.78 is 0. The van der Waals surface area contributed by atoms with Crippen LogP contribution < -0.4 is 10.6 Å². The highest BCUT2D eigenvalue weighted by atomic mass is 35.5. The average Bonchev–Trinajstić information content (AvgIpc) is 3.13. The van der Waals surface area contributed by atoms with Gasteiger partial charge in [-0.1, -0.05) is 29.3 Å². The first-order chi connectivity index (χ1) is 10.0. The van der Waals surface area contributed by atoms with Gasteiger partial charge in [0.05, 0.1) is 6.04 Å². The van der Waals surface area contributed by atoms with E-state index >= 15 is 0 Å². The van der Waals surface area contributed by atoms with E-state index in [2.05, 4.69) is 10.6 Å². The normalized spacial score (nSPS) is 23.5. The number of halogens is 3. The van der Waals surface area contributed by atoms with Gasteiger partial charge in [-0.2, -0.15) is 0 Å². The van der Waals surface area contributed by atoms with Crippen LogP contribution in [0.2, 0.25) is 10.0 Å². The van der Waals surface area contributed by atoms with Gasteiger partial charge in [-0.25, -0.2) is 0 Å². The molecule has 22 heavy (non-hydrogen) atoms. The number of nitrogens with one attached hydrogen (secondary N) is 2. The van der Waals surface area contributed by atoms with Crippen LogP contribution in [0.15, 0.2) is 18.2 Å². The van der Waals surface area contributed by atoms with Crippen LogP contribution in [0.25, 0.3) is 0 Å². The lowest BCUT2D eigenvalue weighted by atomic mass is 9.91. The Morgan fingerprint density at radius 2 is 2.05 bits per heavy atom. The van der Waals surface area contributed by atoms with Gasteiger partial charge in [-0.15, -0.1) is 12.4 Å². The number of carbonyl (C=O) groups is 1. The highest BCUT2D eigenvalue weighted by Crippen LogP contribution is 2.58. The molecule has 1 saturated carbocycles. The molecule has 1 heterocycles. The second kappa shape index (κ2) is 6.96. The molecular weight excluding hydrogens is 343 g/mol. The van der Waals surface area contributed by atoms with Crippen LogP contribution in [0.5, 0.6) is 0 Å². The van der Waals surface area contributed by atoms with Gasteiger partial charge in [0.1, 0.15) is 0 Å². The molecule has 1 aliphatic carbocycles. The molecule has 2 atom stereocenters. The summed E-state index contributed by atoms with van der Waals surface area (Å²) in [6.45, 7) is 4.02. The van der Waals surface area contributed by atoms with Gasteiger partial charge in [0.25, 0.3) is 0 Å². The minimum atomic E-state index is -0.0957. The van der Waals surface area contributed by atoms with E-state index in [0.717, 1.165) is 37.9 Å². The lowest BCUT2D eigenvalue weighted by molar-refractivity contribution is -0.123. The quantitative estimate of drug-likeness (QED) is 0.853. The van der Waals surface area contributed by atoms with Gasteiger partial charge in [0.2, 0.25) is 5.91 Å². The van der Waals surface area contributed by atoms with Gasteiger partial charge in [0.15, 0.2) is 0 Å². The molecule has 1 aromatic carbocycles. The maximum atomic E-state index is 12.4. The molecular formula is C16H21Cl3N2O. The first kappa shape index (κ1) is 17.9. The first-order valence-electron chi connectivity index (χ1n) is 7.48. The van der Waals surface area contributed by atoms with Gasteiger partial charge >= 0.3 is 0 Å². The number of carbonyl (C=O) groups excluding carboxylic acids is 1. The maximum Gasteiger partial charge on any atom is 0.224 e. The number of amides is 1. The van der Waals surface area contributed by atoms with E-state index in [1.807, 2.05) is 13.0 Å². The predicted octanol–water partition coefficient (Wildman–Crippen LogP) is 3.98. The number of rotatable bonds is 3. The van der Waals surface area contributed by atoms with Gasteiger partial charge < -0.3 is 10.6 Å². The van der Waals surface area contributed by atoms with Crippen LogP contribution in [0, 0.1) is 11.3 Å². The molecule has 6 heteroatoms. The molecule has 1 amide bonds. The summed E-state index contributed by atoms with van der Waals surface area (Å²) in [4.78, 5) is 12.4. The third kappa shape index (κ3) is 3.53. The smallest absolute Gasteiger partial charge is 0.224 e. The second-order valence-electron chi connectivity index (χ2n) is 6.27. The molecule has 1 spiro atoms. The van der Waals surface area contributed by atoms with Gasteiger partial charge in [-0.05, 0) is 62.4 Å². The lowest BCUT2D eigenvalue weighted by Crippen LogP contribution is -2.34. The van der Waals surface area contributed by atoms with Crippen molar-refractivity contribution in [2.45, 2.75) is 32.2 Å². The van der Waals surface area contributed by atoms with E-state index in [-0.39, 0.29) is 35.7 Å². The SMILES string of the molecule is CC(NC(=O)C1CC12CCNCC2)c1ccc(Cl)cc1Cl.Cl. The number of hydrogen-bond acceptors (Lipinski definition) is 2. The van der Waals surface area contributed by atoms with E-state index in [1.54, 1.807) is 12.1 Å². The molecule has 1 saturated heterocycles. The molecule has 2 N–H and O–H groups in total. The fourth-order valence-electron chi connectivity index (χ4n) is 3.44. The van der Waals surface area contributed by atoms with E-state index < -0.39 is 0 Å². The molecule has 0 radical (unpaired) electrons. The first-order valence-corrected chi connectivity index (χ1v) is 8.23. The van der Waals surface area contributed by atoms with E-state index in [1.165, 1.54) is 0 Å². The standard InChI is InChI=1S/C16H20Cl2N2O.ClH/c1-10(12-3-2-11(17)8-14(12)18)20-15(21)13-9-16(13)4-6-19-7-5-16;/h2-3,8,10,13,19H,4-7,9H2,1H3,(H,20,21);1H. The van der Waals surface area contributed by atoms with Crippen molar-refractivity contribution in [3.8, 4) is 0 Å². The third-order valence-corrected chi connectivity index (χ3v) is 5.46. The zero-order chi connectivity index (χ0) is 15.0. The van der Waals surface area contributed by atoms with E-state index in [4.69, 9.17) is 23.2 Å². The Bertz CT molecular complexity index is 558. The summed E-state index contributed by atoms with van der Waals surface area (Å²) in [5, 5.41) is 7.67. The molecule has 2 fully saturated rings. The fraction of sp³-hybridized carbons (Fsp3) is 0.562. The van der Waals surface area contributed by atoms with E-state index in [9.17, 15) is 4.79 Å². The van der Waals surface area contributed by atoms with E-state index in [0.29, 0.717) is 10.0 Å². The molecule has 0 bridgehead atoms. The molecule has 122 valence electrons. The minimum Gasteiger partial charge on any atom is -0.349 e. The van der Waals surface area contributed by atoms with Crippen LogP contribution in [0.1, 0.15) is 37.8 Å². The Labute approximate surface area is 147 Å². The average molecular weight is 364 g/mol. The van der Waals surface area contributed by atoms with Crippen molar-refractivity contribution in [2.24, 2.45) is 11.3 Å². The zero-order valence-electron chi connectivity index (χ0n) is 12.5. The molecule has 1 aromatic rings. The van der Waals surface area contributed by atoms with Crippen molar-refractivity contribution in [1.29, 1.82) is 0 Å².